The smallest absolute Gasteiger partial charge is 0.274 e. The van der Waals surface area contributed by atoms with Crippen LogP contribution in [0.1, 0.15) is 28.9 Å². The molecule has 1 saturated heterocycles. The molecule has 1 aliphatic heterocycles. The lowest BCUT2D eigenvalue weighted by Crippen LogP contribution is -2.36. The molecule has 3 heterocycles. The summed E-state index contributed by atoms with van der Waals surface area (Å²) in [4.78, 5) is 31.2. The van der Waals surface area contributed by atoms with Crippen molar-refractivity contribution in [3.05, 3.63) is 58.0 Å². The molecule has 1 fully saturated rings. The van der Waals surface area contributed by atoms with Crippen LogP contribution in [-0.2, 0) is 4.74 Å². The molecule has 1 amide bonds. The monoisotopic (exact) mass is 399 g/mol. The molecule has 9 heteroatoms. The predicted molar refractivity (Wildman–Crippen MR) is 107 cm³/mol. The van der Waals surface area contributed by atoms with Gasteiger partial charge in [-0.15, -0.1) is 5.10 Å². The highest BCUT2D eigenvalue weighted by atomic mass is 32.1. The number of nitrogens with one attached hydrogen (secondary N) is 1. The number of benzene rings is 1. The largest absolute Gasteiger partial charge is 0.378 e. The van der Waals surface area contributed by atoms with Gasteiger partial charge < -0.3 is 15.0 Å². The molecule has 1 N–H and O–H groups in total. The summed E-state index contributed by atoms with van der Waals surface area (Å²) >= 11 is 1.30. The number of morpholine rings is 1. The van der Waals surface area contributed by atoms with E-state index in [0.717, 1.165) is 23.8 Å². The maximum atomic E-state index is 12.8. The third kappa shape index (κ3) is 3.90. The number of carbonyl (C=O) groups excluding carboxylic acids is 1. The second-order valence-electron chi connectivity index (χ2n) is 6.68. The molecule has 4 rings (SSSR count). The van der Waals surface area contributed by atoms with E-state index in [1.807, 2.05) is 37.3 Å². The molecule has 0 unspecified atom stereocenters. The average Bonchev–Trinajstić information content (AvgIpc) is 3.16. The molecule has 0 spiro atoms. The van der Waals surface area contributed by atoms with E-state index in [1.165, 1.54) is 21.9 Å². The van der Waals surface area contributed by atoms with Gasteiger partial charge in [-0.1, -0.05) is 48.6 Å². The van der Waals surface area contributed by atoms with Crippen LogP contribution in [0.25, 0.3) is 4.96 Å². The second-order valence-corrected chi connectivity index (χ2v) is 7.61. The molecule has 8 nitrogen and oxygen atoms in total. The van der Waals surface area contributed by atoms with Crippen molar-refractivity contribution in [2.75, 3.05) is 37.7 Å². The Morgan fingerprint density at radius 1 is 1.29 bits per heavy atom. The zero-order valence-corrected chi connectivity index (χ0v) is 16.3. The van der Waals surface area contributed by atoms with Crippen LogP contribution in [0, 0.1) is 0 Å². The first-order valence-electron chi connectivity index (χ1n) is 9.18. The third-order valence-corrected chi connectivity index (χ3v) is 5.66. The molecule has 1 atom stereocenters. The lowest BCUT2D eigenvalue weighted by atomic mass is 10.0. The van der Waals surface area contributed by atoms with Crippen molar-refractivity contribution in [2.45, 2.75) is 12.8 Å². The molecule has 28 heavy (non-hydrogen) atoms. The molecule has 1 aliphatic rings. The molecular formula is C19H21N5O3S. The van der Waals surface area contributed by atoms with Gasteiger partial charge in [0.2, 0.25) is 10.1 Å². The Kier molecular flexibility index (Phi) is 5.36. The number of fused-ring (bicyclic) bond motifs is 1. The minimum absolute atomic E-state index is 0.151. The first-order valence-corrected chi connectivity index (χ1v) is 10.0. The van der Waals surface area contributed by atoms with Crippen LogP contribution in [0.3, 0.4) is 0 Å². The highest BCUT2D eigenvalue weighted by molar-refractivity contribution is 7.20. The summed E-state index contributed by atoms with van der Waals surface area (Å²) in [5.41, 5.74) is 0.896. The van der Waals surface area contributed by atoms with Crippen molar-refractivity contribution in [1.82, 2.24) is 19.9 Å². The van der Waals surface area contributed by atoms with Gasteiger partial charge in [0, 0.05) is 25.7 Å². The minimum Gasteiger partial charge on any atom is -0.378 e. The summed E-state index contributed by atoms with van der Waals surface area (Å²) in [5, 5.41) is 8.17. The number of hydrogen-bond acceptors (Lipinski definition) is 7. The van der Waals surface area contributed by atoms with Crippen molar-refractivity contribution in [3.8, 4) is 0 Å². The second kappa shape index (κ2) is 8.07. The topological polar surface area (TPSA) is 88.8 Å². The van der Waals surface area contributed by atoms with E-state index >= 15 is 0 Å². The lowest BCUT2D eigenvalue weighted by Gasteiger charge is -2.25. The number of carbonyl (C=O) groups is 1. The van der Waals surface area contributed by atoms with Gasteiger partial charge in [0.05, 0.1) is 13.2 Å². The van der Waals surface area contributed by atoms with Crippen LogP contribution in [0.2, 0.25) is 0 Å². The van der Waals surface area contributed by atoms with Gasteiger partial charge in [0.25, 0.3) is 11.5 Å². The number of ether oxygens (including phenoxy) is 1. The number of rotatable bonds is 5. The third-order valence-electron chi connectivity index (χ3n) is 4.70. The van der Waals surface area contributed by atoms with Gasteiger partial charge in [-0.25, -0.2) is 0 Å². The van der Waals surface area contributed by atoms with E-state index in [0.29, 0.717) is 24.7 Å². The fourth-order valence-electron chi connectivity index (χ4n) is 3.09. The fourth-order valence-corrected chi connectivity index (χ4v) is 4.04. The van der Waals surface area contributed by atoms with Crippen LogP contribution >= 0.6 is 11.3 Å². The molecule has 2 aromatic heterocycles. The summed E-state index contributed by atoms with van der Waals surface area (Å²) in [6, 6.07) is 11.2. The van der Waals surface area contributed by atoms with Crippen LogP contribution < -0.4 is 15.8 Å². The summed E-state index contributed by atoms with van der Waals surface area (Å²) in [7, 11) is 0. The van der Waals surface area contributed by atoms with Crippen molar-refractivity contribution < 1.29 is 9.53 Å². The number of amides is 1. The summed E-state index contributed by atoms with van der Waals surface area (Å²) < 4.78 is 6.82. The Morgan fingerprint density at radius 3 is 2.79 bits per heavy atom. The number of aromatic nitrogens is 3. The van der Waals surface area contributed by atoms with Gasteiger partial charge >= 0.3 is 0 Å². The van der Waals surface area contributed by atoms with E-state index in [4.69, 9.17) is 4.74 Å². The van der Waals surface area contributed by atoms with Gasteiger partial charge in [-0.2, -0.15) is 9.50 Å². The van der Waals surface area contributed by atoms with Crippen molar-refractivity contribution in [3.63, 3.8) is 0 Å². The standard InChI is InChI=1S/C19H21N5O3S/c1-13(14-5-3-2-4-6-14)12-20-17(26)15-11-16(25)21-18-24(15)22-19(28-18)23-7-9-27-10-8-23/h2-6,11,13H,7-10,12H2,1H3,(H,20,26)/t13-/m0/s1. The molecule has 3 aromatic rings. The highest BCUT2D eigenvalue weighted by Crippen LogP contribution is 2.23. The molecule has 146 valence electrons. The van der Waals surface area contributed by atoms with Crippen molar-refractivity contribution >= 4 is 27.3 Å². The fraction of sp³-hybridized carbons (Fsp3) is 0.368. The molecule has 0 aliphatic carbocycles. The van der Waals surface area contributed by atoms with Gasteiger partial charge in [-0.3, -0.25) is 9.59 Å². The van der Waals surface area contributed by atoms with Gasteiger partial charge in [0.15, 0.2) is 0 Å². The maximum absolute atomic E-state index is 12.8. The number of anilines is 1. The van der Waals surface area contributed by atoms with Crippen molar-refractivity contribution in [1.29, 1.82) is 0 Å². The van der Waals surface area contributed by atoms with E-state index in [2.05, 4.69) is 20.3 Å². The van der Waals surface area contributed by atoms with Gasteiger partial charge in [0.1, 0.15) is 5.69 Å². The van der Waals surface area contributed by atoms with Crippen molar-refractivity contribution in [2.24, 2.45) is 0 Å². The lowest BCUT2D eigenvalue weighted by molar-refractivity contribution is 0.0943. The molecule has 1 aromatic carbocycles. The Bertz CT molecular complexity index is 1030. The Morgan fingerprint density at radius 2 is 2.04 bits per heavy atom. The molecular weight excluding hydrogens is 378 g/mol. The SMILES string of the molecule is C[C@@H](CNC(=O)c1cc(=O)nc2sc(N3CCOCC3)nn12)c1ccccc1. The summed E-state index contributed by atoms with van der Waals surface area (Å²) in [6.07, 6.45) is 0. The first kappa shape index (κ1) is 18.6. The Labute approximate surface area is 165 Å². The van der Waals surface area contributed by atoms with Gasteiger partial charge in [-0.05, 0) is 11.5 Å². The average molecular weight is 399 g/mol. The zero-order valence-electron chi connectivity index (χ0n) is 15.5. The number of nitrogens with zero attached hydrogens (tertiary/aromatic N) is 4. The minimum atomic E-state index is -0.446. The van der Waals surface area contributed by atoms with E-state index in [9.17, 15) is 9.59 Å². The quantitative estimate of drug-likeness (QED) is 0.700. The predicted octanol–water partition coefficient (Wildman–Crippen LogP) is 1.52. The maximum Gasteiger partial charge on any atom is 0.274 e. The normalized spacial score (nSPS) is 15.5. The van der Waals surface area contributed by atoms with E-state index in [-0.39, 0.29) is 17.5 Å². The highest BCUT2D eigenvalue weighted by Gasteiger charge is 2.20. The molecule has 0 bridgehead atoms. The summed E-state index contributed by atoms with van der Waals surface area (Å²) in [6.45, 7) is 5.21. The van der Waals surface area contributed by atoms with E-state index < -0.39 is 5.56 Å². The molecule has 0 saturated carbocycles. The van der Waals surface area contributed by atoms with Crippen LogP contribution in [0.5, 0.6) is 0 Å². The summed E-state index contributed by atoms with van der Waals surface area (Å²) in [5.74, 6) is -0.186. The van der Waals surface area contributed by atoms with E-state index in [1.54, 1.807) is 0 Å². The van der Waals surface area contributed by atoms with Crippen LogP contribution in [0.15, 0.2) is 41.2 Å². The Hall–Kier alpha value is -2.78. The first-order chi connectivity index (χ1) is 13.6. The molecule has 0 radical (unpaired) electrons. The van der Waals surface area contributed by atoms with Crippen LogP contribution in [-0.4, -0.2) is 53.4 Å². The Balaban J connectivity index is 1.56. The van der Waals surface area contributed by atoms with Crippen LogP contribution in [0.4, 0.5) is 5.13 Å². The number of hydrogen-bond donors (Lipinski definition) is 1. The zero-order chi connectivity index (χ0) is 19.5.